The van der Waals surface area contributed by atoms with Crippen molar-refractivity contribution in [3.8, 4) is 22.5 Å². The Bertz CT molecular complexity index is 2730. The lowest BCUT2D eigenvalue weighted by molar-refractivity contribution is -0.120. The number of carbonyl (C=O) groups is 3. The fraction of sp³-hybridized carbons (Fsp3) is 0.469. The van der Waals surface area contributed by atoms with E-state index in [1.165, 1.54) is 5.69 Å². The van der Waals surface area contributed by atoms with E-state index >= 15 is 0 Å². The van der Waals surface area contributed by atoms with Crippen LogP contribution in [0.5, 0.6) is 0 Å². The Kier molecular flexibility index (Phi) is 11.8. The van der Waals surface area contributed by atoms with Gasteiger partial charge in [-0.1, -0.05) is 38.1 Å². The first-order valence-corrected chi connectivity index (χ1v) is 22.9. The van der Waals surface area contributed by atoms with Crippen molar-refractivity contribution in [2.75, 3.05) is 56.1 Å². The van der Waals surface area contributed by atoms with Gasteiger partial charge in [0.2, 0.25) is 5.91 Å². The third-order valence-corrected chi connectivity index (χ3v) is 13.8. The zero-order valence-electron chi connectivity index (χ0n) is 38.8. The molecule has 0 bridgehead atoms. The Balaban J connectivity index is 0.814. The van der Waals surface area contributed by atoms with E-state index in [1.807, 2.05) is 39.8 Å². The van der Waals surface area contributed by atoms with Gasteiger partial charge in [-0.05, 0) is 107 Å². The van der Waals surface area contributed by atoms with Crippen molar-refractivity contribution in [1.82, 2.24) is 50.0 Å². The minimum atomic E-state index is -0.352. The standard InChI is InChI=1S/C49H60N12O4/c1-29-25-34(9-14-38(29)31(3)57(8)46(63)45-54-47(56-65-45)49(5,6)7)43-39-26-40(52-44(39)51-28-50-43)42-30(2)55-61(32(42)4)37-17-20-58(21-18-37)27-33-15-22-59(23-16-33)35-10-12-36(13-11-35)60-24-19-41(62)53-48(60)64/h9-14,25-26,28,31,33,37H,15-24,27H2,1-8H3,(H,50,51,52)(H,53,62,64)/t31-/m1/s1. The van der Waals surface area contributed by atoms with E-state index in [1.54, 1.807) is 23.2 Å². The van der Waals surface area contributed by atoms with Gasteiger partial charge in [-0.25, -0.2) is 14.8 Å². The summed E-state index contributed by atoms with van der Waals surface area (Å²) in [7, 11) is 1.76. The Labute approximate surface area is 379 Å². The van der Waals surface area contributed by atoms with Crippen LogP contribution in [0.15, 0.2) is 59.4 Å². The minimum Gasteiger partial charge on any atom is -0.372 e. The number of piperidine rings is 2. The molecule has 65 heavy (non-hydrogen) atoms. The van der Waals surface area contributed by atoms with Gasteiger partial charge in [-0.15, -0.1) is 0 Å². The van der Waals surface area contributed by atoms with E-state index in [9.17, 15) is 14.4 Å². The Morgan fingerprint density at radius 3 is 2.32 bits per heavy atom. The van der Waals surface area contributed by atoms with E-state index < -0.39 is 0 Å². The molecule has 4 amide bonds. The molecule has 3 aliphatic heterocycles. The molecule has 2 aromatic carbocycles. The van der Waals surface area contributed by atoms with E-state index in [0.717, 1.165) is 120 Å². The molecule has 0 radical (unpaired) electrons. The highest BCUT2D eigenvalue weighted by atomic mass is 16.5. The number of aryl methyl sites for hydroxylation is 2. The van der Waals surface area contributed by atoms with Gasteiger partial charge in [0.25, 0.3) is 0 Å². The summed E-state index contributed by atoms with van der Waals surface area (Å²) in [6.07, 6.45) is 6.36. The second-order valence-corrected chi connectivity index (χ2v) is 19.2. The molecule has 16 heteroatoms. The molecule has 2 N–H and O–H groups in total. The van der Waals surface area contributed by atoms with Crippen molar-refractivity contribution < 1.29 is 18.9 Å². The van der Waals surface area contributed by atoms with Crippen LogP contribution >= 0.6 is 0 Å². The molecule has 0 aliphatic carbocycles. The number of likely N-dealkylation sites (tertiary alicyclic amines) is 1. The molecule has 0 unspecified atom stereocenters. The van der Waals surface area contributed by atoms with Crippen LogP contribution in [0, 0.1) is 26.7 Å². The number of H-pyrrole nitrogens is 1. The summed E-state index contributed by atoms with van der Waals surface area (Å²) in [6, 6.07) is 16.3. The summed E-state index contributed by atoms with van der Waals surface area (Å²) in [5.41, 5.74) is 10.5. The number of amides is 4. The summed E-state index contributed by atoms with van der Waals surface area (Å²) in [5.74, 6) is 0.613. The molecular formula is C49H60N12O4. The summed E-state index contributed by atoms with van der Waals surface area (Å²) < 4.78 is 7.61. The maximum absolute atomic E-state index is 13.4. The second-order valence-electron chi connectivity index (χ2n) is 19.2. The van der Waals surface area contributed by atoms with Crippen LogP contribution in [0.4, 0.5) is 16.2 Å². The molecule has 9 rings (SSSR count). The number of anilines is 2. The first-order valence-electron chi connectivity index (χ1n) is 22.9. The molecule has 0 spiro atoms. The van der Waals surface area contributed by atoms with Gasteiger partial charge in [0.1, 0.15) is 12.0 Å². The lowest BCUT2D eigenvalue weighted by Crippen LogP contribution is -2.49. The molecule has 1 atom stereocenters. The number of urea groups is 1. The second kappa shape index (κ2) is 17.5. The first-order chi connectivity index (χ1) is 31.1. The third-order valence-electron chi connectivity index (χ3n) is 13.8. The SMILES string of the molecule is Cc1cc(-c2ncnc3[nH]c(-c4c(C)nn(C5CCN(CC6CCN(c7ccc(N8CCC(=O)NC8=O)cc7)CC6)CC5)c4C)cc23)ccc1[C@@H](C)N(C)C(=O)c1nc(C(C)(C)C)no1. The Hall–Kier alpha value is -6.42. The van der Waals surface area contributed by atoms with Crippen molar-refractivity contribution in [3.05, 3.63) is 89.1 Å². The molecule has 3 saturated heterocycles. The highest BCUT2D eigenvalue weighted by molar-refractivity contribution is 6.05. The molecule has 6 aromatic rings. The van der Waals surface area contributed by atoms with Gasteiger partial charge in [0.15, 0.2) is 5.82 Å². The van der Waals surface area contributed by atoms with Crippen molar-refractivity contribution >= 4 is 40.3 Å². The van der Waals surface area contributed by atoms with Gasteiger partial charge >= 0.3 is 17.8 Å². The summed E-state index contributed by atoms with van der Waals surface area (Å²) in [5, 5.41) is 12.5. The lowest BCUT2D eigenvalue weighted by atomic mass is 9.94. The predicted molar refractivity (Wildman–Crippen MR) is 250 cm³/mol. The lowest BCUT2D eigenvalue weighted by Gasteiger charge is -2.38. The van der Waals surface area contributed by atoms with Gasteiger partial charge in [-0.2, -0.15) is 10.1 Å². The topological polar surface area (TPSA) is 175 Å². The van der Waals surface area contributed by atoms with E-state index in [0.29, 0.717) is 30.7 Å². The quantitative estimate of drug-likeness (QED) is 0.137. The number of aromatic nitrogens is 7. The largest absolute Gasteiger partial charge is 0.372 e. The number of fused-ring (bicyclic) bond motifs is 1. The van der Waals surface area contributed by atoms with E-state index in [2.05, 4.69) is 97.1 Å². The van der Waals surface area contributed by atoms with Crippen molar-refractivity contribution in [2.45, 2.75) is 98.1 Å². The van der Waals surface area contributed by atoms with Crippen LogP contribution < -0.4 is 15.1 Å². The van der Waals surface area contributed by atoms with Crippen LogP contribution in [-0.2, 0) is 10.2 Å². The number of imide groups is 1. The Morgan fingerprint density at radius 2 is 1.65 bits per heavy atom. The number of aromatic amines is 1. The number of nitrogens with one attached hydrogen (secondary N) is 2. The van der Waals surface area contributed by atoms with Crippen molar-refractivity contribution in [2.24, 2.45) is 5.92 Å². The maximum Gasteiger partial charge on any atom is 0.328 e. The van der Waals surface area contributed by atoms with E-state index in [4.69, 9.17) is 14.6 Å². The van der Waals surface area contributed by atoms with Crippen LogP contribution in [0.3, 0.4) is 0 Å². The molecule has 16 nitrogen and oxygen atoms in total. The zero-order chi connectivity index (χ0) is 45.7. The number of nitrogens with zero attached hydrogens (tertiary/aromatic N) is 10. The van der Waals surface area contributed by atoms with Gasteiger partial charge in [-0.3, -0.25) is 24.5 Å². The predicted octanol–water partition coefficient (Wildman–Crippen LogP) is 7.93. The summed E-state index contributed by atoms with van der Waals surface area (Å²) in [6.45, 7) is 20.0. The van der Waals surface area contributed by atoms with Crippen LogP contribution in [0.25, 0.3) is 33.5 Å². The van der Waals surface area contributed by atoms with Crippen LogP contribution in [-0.4, -0.2) is 109 Å². The smallest absolute Gasteiger partial charge is 0.328 e. The zero-order valence-corrected chi connectivity index (χ0v) is 38.8. The molecule has 3 fully saturated rings. The number of hydrogen-bond acceptors (Lipinski definition) is 11. The normalized spacial score (nSPS) is 17.5. The number of hydrogen-bond donors (Lipinski definition) is 2. The molecule has 4 aromatic heterocycles. The van der Waals surface area contributed by atoms with Crippen molar-refractivity contribution in [3.63, 3.8) is 0 Å². The highest BCUT2D eigenvalue weighted by Gasteiger charge is 2.31. The fourth-order valence-electron chi connectivity index (χ4n) is 9.89. The summed E-state index contributed by atoms with van der Waals surface area (Å²) in [4.78, 5) is 62.9. The molecule has 0 saturated carbocycles. The maximum atomic E-state index is 13.4. The minimum absolute atomic E-state index is 0.0128. The van der Waals surface area contributed by atoms with Crippen LogP contribution in [0.1, 0.15) is 111 Å². The monoisotopic (exact) mass is 880 g/mol. The third kappa shape index (κ3) is 8.75. The van der Waals surface area contributed by atoms with Gasteiger partial charge in [0, 0.05) is 91.7 Å². The van der Waals surface area contributed by atoms with Crippen LogP contribution in [0.2, 0.25) is 0 Å². The number of benzene rings is 2. The molecule has 340 valence electrons. The number of rotatable bonds is 10. The van der Waals surface area contributed by atoms with Gasteiger partial charge < -0.3 is 24.2 Å². The fourth-order valence-corrected chi connectivity index (χ4v) is 9.89. The number of carbonyl (C=O) groups excluding carboxylic acids is 3. The summed E-state index contributed by atoms with van der Waals surface area (Å²) >= 11 is 0. The molecule has 3 aliphatic rings. The molecule has 7 heterocycles. The molecular weight excluding hydrogens is 821 g/mol. The Morgan fingerprint density at radius 1 is 0.923 bits per heavy atom. The average molecular weight is 881 g/mol. The first kappa shape index (κ1) is 43.8. The van der Waals surface area contributed by atoms with Crippen molar-refractivity contribution in [1.29, 1.82) is 0 Å². The highest BCUT2D eigenvalue weighted by Crippen LogP contribution is 2.37. The average Bonchev–Trinajstić information content (AvgIpc) is 4.04. The van der Waals surface area contributed by atoms with E-state index in [-0.39, 0.29) is 35.2 Å². The van der Waals surface area contributed by atoms with Gasteiger partial charge in [0.05, 0.1) is 29.2 Å².